The van der Waals surface area contributed by atoms with Crippen molar-refractivity contribution in [2.75, 3.05) is 13.1 Å². The van der Waals surface area contributed by atoms with Gasteiger partial charge in [0.25, 0.3) is 0 Å². The Morgan fingerprint density at radius 3 is 2.29 bits per heavy atom. The molecule has 1 aliphatic heterocycles. The van der Waals surface area contributed by atoms with E-state index in [0.29, 0.717) is 18.0 Å². The van der Waals surface area contributed by atoms with E-state index < -0.39 is 10.0 Å². The van der Waals surface area contributed by atoms with Crippen molar-refractivity contribution < 1.29 is 8.42 Å². The summed E-state index contributed by atoms with van der Waals surface area (Å²) in [6, 6.07) is 3.90. The number of aryl methyl sites for hydroxylation is 3. The molecule has 0 radical (unpaired) electrons. The van der Waals surface area contributed by atoms with E-state index in [0.717, 1.165) is 16.7 Å². The lowest BCUT2D eigenvalue weighted by molar-refractivity contribution is 0.188. The average molecular weight is 306 g/mol. The lowest BCUT2D eigenvalue weighted by Crippen LogP contribution is -2.51. The number of aromatic nitrogens is 3. The Bertz CT molecular complexity index is 739. The van der Waals surface area contributed by atoms with Gasteiger partial charge in [0.05, 0.1) is 17.1 Å². The summed E-state index contributed by atoms with van der Waals surface area (Å²) in [5.41, 5.74) is 2.68. The first-order chi connectivity index (χ1) is 9.89. The van der Waals surface area contributed by atoms with Gasteiger partial charge in [-0.1, -0.05) is 22.9 Å². The topological polar surface area (TPSA) is 68.1 Å². The van der Waals surface area contributed by atoms with Crippen molar-refractivity contribution in [3.63, 3.8) is 0 Å². The minimum atomic E-state index is -3.43. The van der Waals surface area contributed by atoms with Gasteiger partial charge in [0.15, 0.2) is 0 Å². The van der Waals surface area contributed by atoms with Crippen LogP contribution in [0.1, 0.15) is 22.7 Å². The fourth-order valence-electron chi connectivity index (χ4n) is 2.90. The van der Waals surface area contributed by atoms with Gasteiger partial charge in [-0.2, -0.15) is 4.31 Å². The highest BCUT2D eigenvalue weighted by atomic mass is 32.2. The quantitative estimate of drug-likeness (QED) is 0.860. The second kappa shape index (κ2) is 4.92. The van der Waals surface area contributed by atoms with E-state index >= 15 is 0 Å². The van der Waals surface area contributed by atoms with Crippen LogP contribution in [0.2, 0.25) is 0 Å². The Morgan fingerprint density at radius 2 is 1.76 bits per heavy atom. The van der Waals surface area contributed by atoms with Gasteiger partial charge in [0.2, 0.25) is 10.0 Å². The van der Waals surface area contributed by atoms with Crippen LogP contribution in [0, 0.1) is 20.8 Å². The molecular formula is C14H18N4O2S. The molecule has 1 aromatic heterocycles. The lowest BCUT2D eigenvalue weighted by atomic mass is 10.1. The predicted molar refractivity (Wildman–Crippen MR) is 78.5 cm³/mol. The highest BCUT2D eigenvalue weighted by Crippen LogP contribution is 2.31. The molecule has 3 rings (SSSR count). The van der Waals surface area contributed by atoms with Crippen LogP contribution in [-0.4, -0.2) is 40.8 Å². The summed E-state index contributed by atoms with van der Waals surface area (Å²) in [5.74, 6) is 0. The Kier molecular flexibility index (Phi) is 3.33. The van der Waals surface area contributed by atoms with Gasteiger partial charge < -0.3 is 0 Å². The number of sulfonamides is 1. The molecule has 1 saturated heterocycles. The summed E-state index contributed by atoms with van der Waals surface area (Å²) in [6.07, 6.45) is 3.36. The van der Waals surface area contributed by atoms with Crippen molar-refractivity contribution in [2.24, 2.45) is 0 Å². The molecule has 0 amide bonds. The molecule has 6 nitrogen and oxygen atoms in total. The maximum absolute atomic E-state index is 12.8. The molecule has 2 aromatic rings. The van der Waals surface area contributed by atoms with Gasteiger partial charge in [-0.25, -0.2) is 13.1 Å². The number of benzene rings is 1. The largest absolute Gasteiger partial charge is 0.247 e. The third-order valence-corrected chi connectivity index (χ3v) is 5.98. The van der Waals surface area contributed by atoms with Crippen molar-refractivity contribution in [3.05, 3.63) is 41.2 Å². The van der Waals surface area contributed by atoms with E-state index in [1.165, 1.54) is 4.31 Å². The molecule has 0 N–H and O–H groups in total. The van der Waals surface area contributed by atoms with Crippen LogP contribution < -0.4 is 0 Å². The van der Waals surface area contributed by atoms with E-state index in [9.17, 15) is 8.42 Å². The second-order valence-electron chi connectivity index (χ2n) is 5.59. The molecule has 1 aliphatic rings. The van der Waals surface area contributed by atoms with Crippen LogP contribution in [-0.2, 0) is 10.0 Å². The van der Waals surface area contributed by atoms with E-state index in [4.69, 9.17) is 0 Å². The van der Waals surface area contributed by atoms with E-state index in [-0.39, 0.29) is 6.04 Å². The van der Waals surface area contributed by atoms with E-state index in [1.54, 1.807) is 17.1 Å². The fourth-order valence-corrected chi connectivity index (χ4v) is 4.82. The van der Waals surface area contributed by atoms with Gasteiger partial charge >= 0.3 is 0 Å². The zero-order valence-corrected chi connectivity index (χ0v) is 13.1. The SMILES string of the molecule is Cc1cc(C)c(S(=O)(=O)N2CC(n3ccnn3)C2)c(C)c1. The molecular weight excluding hydrogens is 288 g/mol. The van der Waals surface area contributed by atoms with Crippen LogP contribution in [0.5, 0.6) is 0 Å². The van der Waals surface area contributed by atoms with Crippen LogP contribution in [0.4, 0.5) is 0 Å². The minimum Gasteiger partial charge on any atom is -0.247 e. The van der Waals surface area contributed by atoms with E-state index in [2.05, 4.69) is 10.3 Å². The molecule has 1 fully saturated rings. The van der Waals surface area contributed by atoms with Crippen molar-refractivity contribution in [1.82, 2.24) is 19.3 Å². The lowest BCUT2D eigenvalue weighted by Gasteiger charge is -2.38. The van der Waals surface area contributed by atoms with Crippen LogP contribution in [0.3, 0.4) is 0 Å². The highest BCUT2D eigenvalue weighted by Gasteiger charge is 2.39. The molecule has 0 saturated carbocycles. The van der Waals surface area contributed by atoms with Crippen molar-refractivity contribution in [2.45, 2.75) is 31.7 Å². The smallest absolute Gasteiger partial charge is 0.243 e. The van der Waals surface area contributed by atoms with Gasteiger partial charge in [0.1, 0.15) is 0 Å². The first-order valence-corrected chi connectivity index (χ1v) is 8.27. The van der Waals surface area contributed by atoms with Crippen molar-refractivity contribution in [1.29, 1.82) is 0 Å². The van der Waals surface area contributed by atoms with Crippen LogP contribution in [0.15, 0.2) is 29.4 Å². The van der Waals surface area contributed by atoms with Crippen molar-refractivity contribution in [3.8, 4) is 0 Å². The normalized spacial score (nSPS) is 16.9. The van der Waals surface area contributed by atoms with Crippen LogP contribution in [0.25, 0.3) is 0 Å². The number of rotatable bonds is 3. The summed E-state index contributed by atoms with van der Waals surface area (Å²) in [4.78, 5) is 0.435. The van der Waals surface area contributed by atoms with Gasteiger partial charge in [-0.15, -0.1) is 5.10 Å². The third-order valence-electron chi connectivity index (χ3n) is 3.85. The summed E-state index contributed by atoms with van der Waals surface area (Å²) >= 11 is 0. The molecule has 0 spiro atoms. The monoisotopic (exact) mass is 306 g/mol. The second-order valence-corrected chi connectivity index (χ2v) is 7.46. The Hall–Kier alpha value is -1.73. The predicted octanol–water partition coefficient (Wildman–Crippen LogP) is 1.45. The molecule has 112 valence electrons. The minimum absolute atomic E-state index is 0.0772. The molecule has 1 aromatic carbocycles. The van der Waals surface area contributed by atoms with E-state index in [1.807, 2.05) is 32.9 Å². The van der Waals surface area contributed by atoms with Crippen LogP contribution >= 0.6 is 0 Å². The maximum atomic E-state index is 12.8. The van der Waals surface area contributed by atoms with Gasteiger partial charge in [-0.3, -0.25) is 0 Å². The van der Waals surface area contributed by atoms with Gasteiger partial charge in [0, 0.05) is 19.3 Å². The Labute approximate surface area is 124 Å². The number of hydrogen-bond donors (Lipinski definition) is 0. The van der Waals surface area contributed by atoms with Crippen molar-refractivity contribution >= 4 is 10.0 Å². The fraction of sp³-hybridized carbons (Fsp3) is 0.429. The molecule has 21 heavy (non-hydrogen) atoms. The molecule has 0 aliphatic carbocycles. The summed E-state index contributed by atoms with van der Waals surface area (Å²) in [7, 11) is -3.43. The molecule has 7 heteroatoms. The summed E-state index contributed by atoms with van der Waals surface area (Å²) < 4.78 is 28.7. The summed E-state index contributed by atoms with van der Waals surface area (Å²) in [5, 5.41) is 7.67. The first kappa shape index (κ1) is 14.2. The number of nitrogens with zero attached hydrogens (tertiary/aromatic N) is 4. The number of hydrogen-bond acceptors (Lipinski definition) is 4. The zero-order valence-electron chi connectivity index (χ0n) is 12.3. The zero-order chi connectivity index (χ0) is 15.2. The maximum Gasteiger partial charge on any atom is 0.243 e. The Morgan fingerprint density at radius 1 is 1.14 bits per heavy atom. The summed E-state index contributed by atoms with van der Waals surface area (Å²) in [6.45, 7) is 6.56. The molecule has 2 heterocycles. The average Bonchev–Trinajstić information content (AvgIpc) is 2.77. The highest BCUT2D eigenvalue weighted by molar-refractivity contribution is 7.89. The molecule has 0 bridgehead atoms. The third kappa shape index (κ3) is 2.36. The molecule has 0 unspecified atom stereocenters. The first-order valence-electron chi connectivity index (χ1n) is 6.83. The standard InChI is InChI=1S/C14H18N4O2S/c1-10-6-11(2)14(12(3)7-10)21(19,20)17-8-13(9-17)18-5-4-15-16-18/h4-7,13H,8-9H2,1-3H3. The molecule has 0 atom stereocenters. The Balaban J connectivity index is 1.87. The van der Waals surface area contributed by atoms with Gasteiger partial charge in [-0.05, 0) is 31.9 Å².